The van der Waals surface area contributed by atoms with Crippen LogP contribution in [0, 0.1) is 23.7 Å². The highest BCUT2D eigenvalue weighted by Crippen LogP contribution is 2.35. The summed E-state index contributed by atoms with van der Waals surface area (Å²) in [7, 11) is 0. The Bertz CT molecular complexity index is 788. The molecule has 12 heteroatoms. The number of aliphatic hydroxyl groups excluding tert-OH is 4. The molecule has 7 N–H and O–H groups in total. The lowest BCUT2D eigenvalue weighted by Crippen LogP contribution is -2.64. The fourth-order valence-corrected chi connectivity index (χ4v) is 7.19. The Labute approximate surface area is 228 Å². The Balaban J connectivity index is 0.00000127. The molecule has 0 aliphatic carbocycles. The molecule has 0 radical (unpaired) electrons. The van der Waals surface area contributed by atoms with Gasteiger partial charge in [0.2, 0.25) is 5.91 Å². The Hall–Kier alpha value is -1.25. The lowest BCUT2D eigenvalue weighted by atomic mass is 9.85. The number of carbonyl (C=O) groups excluding carboxylic acids is 1. The Morgan fingerprint density at radius 3 is 2.63 bits per heavy atom. The van der Waals surface area contributed by atoms with Gasteiger partial charge in [0.15, 0.2) is 0 Å². The Morgan fingerprint density at radius 1 is 1.21 bits per heavy atom. The fraction of sp³-hybridized carbons (Fsp3) is 0.846. The van der Waals surface area contributed by atoms with Gasteiger partial charge in [-0.15, -0.1) is 11.8 Å². The number of aliphatic hydroxyl groups is 4. The van der Waals surface area contributed by atoms with Crippen LogP contribution < -0.4 is 10.6 Å². The van der Waals surface area contributed by atoms with Crippen LogP contribution in [0.3, 0.4) is 0 Å². The summed E-state index contributed by atoms with van der Waals surface area (Å²) < 4.78 is 12.2. The zero-order valence-electron chi connectivity index (χ0n) is 22.1. The van der Waals surface area contributed by atoms with Crippen LogP contribution in [0.4, 0.5) is 0 Å². The van der Waals surface area contributed by atoms with E-state index in [1.54, 1.807) is 0 Å². The zero-order valence-corrected chi connectivity index (χ0v) is 22.9. The van der Waals surface area contributed by atoms with Gasteiger partial charge >= 0.3 is 0 Å². The summed E-state index contributed by atoms with van der Waals surface area (Å²) in [6.45, 7) is 5.55. The van der Waals surface area contributed by atoms with Crippen molar-refractivity contribution >= 4 is 24.1 Å². The normalized spacial score (nSPS) is 41.3. The van der Waals surface area contributed by atoms with Crippen molar-refractivity contribution in [3.8, 4) is 0 Å². The first-order valence-corrected chi connectivity index (χ1v) is 14.6. The predicted octanol–water partition coefficient (Wildman–Crippen LogP) is -0.289. The van der Waals surface area contributed by atoms with E-state index in [4.69, 9.17) is 19.4 Å². The minimum absolute atomic E-state index is 0.0534. The number of fused-ring (bicyclic) bond motifs is 3. The van der Waals surface area contributed by atoms with Crippen LogP contribution in [-0.4, -0.2) is 111 Å². The number of hydrogen-bond acceptors (Lipinski definition) is 10. The van der Waals surface area contributed by atoms with E-state index in [0.717, 1.165) is 25.8 Å². The minimum Gasteiger partial charge on any atom is -0.483 e. The third kappa shape index (κ3) is 7.91. The maximum Gasteiger partial charge on any atom is 0.290 e. The van der Waals surface area contributed by atoms with E-state index < -0.39 is 41.9 Å². The van der Waals surface area contributed by atoms with Gasteiger partial charge in [-0.3, -0.25) is 9.59 Å². The van der Waals surface area contributed by atoms with Crippen LogP contribution in [-0.2, 0) is 19.1 Å². The van der Waals surface area contributed by atoms with Gasteiger partial charge in [0, 0.05) is 24.8 Å². The molecule has 4 aliphatic rings. The van der Waals surface area contributed by atoms with E-state index in [1.807, 2.05) is 12.2 Å². The molecule has 0 spiro atoms. The highest BCUT2D eigenvalue weighted by atomic mass is 32.2. The van der Waals surface area contributed by atoms with E-state index >= 15 is 0 Å². The molecule has 0 aromatic carbocycles. The van der Waals surface area contributed by atoms with Gasteiger partial charge in [0.1, 0.15) is 35.9 Å². The van der Waals surface area contributed by atoms with Crippen molar-refractivity contribution in [2.24, 2.45) is 23.7 Å². The molecule has 11 nitrogen and oxygen atoms in total. The zero-order chi connectivity index (χ0) is 27.8. The lowest BCUT2D eigenvalue weighted by molar-refractivity contribution is -0.205. The summed E-state index contributed by atoms with van der Waals surface area (Å²) in [6.07, 6.45) is 2.28. The third-order valence-corrected chi connectivity index (χ3v) is 9.13. The number of carbonyl (C=O) groups is 2. The molecule has 2 bridgehead atoms. The minimum atomic E-state index is -1.39. The second-order valence-corrected chi connectivity index (χ2v) is 12.2. The van der Waals surface area contributed by atoms with E-state index in [2.05, 4.69) is 24.5 Å². The molecule has 0 saturated carbocycles. The smallest absolute Gasteiger partial charge is 0.290 e. The summed E-state index contributed by atoms with van der Waals surface area (Å²) in [6, 6.07) is -1.11. The van der Waals surface area contributed by atoms with Crippen LogP contribution in [0.25, 0.3) is 0 Å². The van der Waals surface area contributed by atoms with Crippen molar-refractivity contribution in [2.45, 2.75) is 87.6 Å². The molecule has 0 aromatic rings. The van der Waals surface area contributed by atoms with Crippen LogP contribution in [0.5, 0.6) is 0 Å². The van der Waals surface area contributed by atoms with Crippen molar-refractivity contribution in [3.63, 3.8) is 0 Å². The summed E-state index contributed by atoms with van der Waals surface area (Å²) in [5.41, 5.74) is -0.768. The molecule has 0 unspecified atom stereocenters. The molecule has 1 amide bonds. The van der Waals surface area contributed by atoms with Crippen molar-refractivity contribution in [3.05, 3.63) is 12.2 Å². The standard InChI is InChI=1S/C25H42N2O7S.CH2O2/c1-13(2)8-14-6-7-33-22-16(9-14)10-26-18(22)24(32)27-17-5-3-4-15(11-28)12-35-25-21(31)19(29)20(30)23(17)34-25;2-1-3/h3-4,13-23,25-26,28-31H,5-12H2,1-2H3,(H,27,32);1H,(H,2,3)/t14-,15-,16-,17+,18-,19-,20+,21+,22+,23+,25+;/m0./s1. The average Bonchev–Trinajstić information content (AvgIpc) is 3.17. The first-order valence-electron chi connectivity index (χ1n) is 13.5. The van der Waals surface area contributed by atoms with Gasteiger partial charge < -0.3 is 45.6 Å². The topological polar surface area (TPSA) is 178 Å². The van der Waals surface area contributed by atoms with Crippen LogP contribution in [0.1, 0.15) is 39.5 Å². The van der Waals surface area contributed by atoms with Crippen LogP contribution >= 0.6 is 11.8 Å². The van der Waals surface area contributed by atoms with Crippen molar-refractivity contribution in [1.29, 1.82) is 0 Å². The molecule has 3 fully saturated rings. The second kappa shape index (κ2) is 14.9. The molecule has 38 heavy (non-hydrogen) atoms. The molecule has 4 rings (SSSR count). The van der Waals surface area contributed by atoms with Crippen molar-refractivity contribution in [1.82, 2.24) is 10.6 Å². The quantitative estimate of drug-likeness (QED) is 0.174. The first kappa shape index (κ1) is 31.3. The van der Waals surface area contributed by atoms with E-state index in [0.29, 0.717) is 30.6 Å². The van der Waals surface area contributed by atoms with Gasteiger partial charge in [0.25, 0.3) is 6.47 Å². The number of thioether (sulfide) groups is 1. The number of nitrogens with one attached hydrogen (secondary N) is 2. The Kier molecular flexibility index (Phi) is 12.3. The fourth-order valence-electron chi connectivity index (χ4n) is 5.97. The number of hydrogen-bond donors (Lipinski definition) is 7. The molecule has 4 aliphatic heterocycles. The predicted molar refractivity (Wildman–Crippen MR) is 141 cm³/mol. The van der Waals surface area contributed by atoms with E-state index in [-0.39, 0.29) is 36.9 Å². The Morgan fingerprint density at radius 2 is 1.95 bits per heavy atom. The van der Waals surface area contributed by atoms with Gasteiger partial charge in [-0.2, -0.15) is 0 Å². The van der Waals surface area contributed by atoms with Gasteiger partial charge in [-0.05, 0) is 43.4 Å². The SMILES string of the molecule is CC(C)C[C@@H]1CCO[C@@H]2[C@H](CN[C@@H]2C(=O)N[C@@H]2CC=C[C@@H](CO)CS[C@H]3O[C@H]2[C@H](O)[C@H](O)[C@H]3O)C1.O=CO. The summed E-state index contributed by atoms with van der Waals surface area (Å²) in [5, 5.41) is 54.6. The average molecular weight is 561 g/mol. The summed E-state index contributed by atoms with van der Waals surface area (Å²) in [5.74, 6) is 1.67. The van der Waals surface area contributed by atoms with Gasteiger partial charge in [-0.25, -0.2) is 0 Å². The lowest BCUT2D eigenvalue weighted by Gasteiger charge is -2.44. The van der Waals surface area contributed by atoms with Gasteiger partial charge in [0.05, 0.1) is 18.8 Å². The monoisotopic (exact) mass is 560 g/mol. The number of carboxylic acid groups (broad SMARTS) is 1. The van der Waals surface area contributed by atoms with Crippen molar-refractivity contribution in [2.75, 3.05) is 25.5 Å². The summed E-state index contributed by atoms with van der Waals surface area (Å²) >= 11 is 1.29. The third-order valence-electron chi connectivity index (χ3n) is 7.79. The van der Waals surface area contributed by atoms with Crippen LogP contribution in [0.15, 0.2) is 12.2 Å². The molecule has 4 heterocycles. The molecule has 3 saturated heterocycles. The van der Waals surface area contributed by atoms with E-state index in [1.165, 1.54) is 11.8 Å². The highest BCUT2D eigenvalue weighted by Gasteiger charge is 2.49. The molecule has 0 aromatic heterocycles. The van der Waals surface area contributed by atoms with Crippen LogP contribution in [0.2, 0.25) is 0 Å². The largest absolute Gasteiger partial charge is 0.483 e. The molecule has 11 atom stereocenters. The molecule has 218 valence electrons. The van der Waals surface area contributed by atoms with Crippen molar-refractivity contribution < 1.29 is 44.6 Å². The van der Waals surface area contributed by atoms with Gasteiger partial charge in [-0.1, -0.05) is 26.0 Å². The van der Waals surface area contributed by atoms with E-state index in [9.17, 15) is 25.2 Å². The highest BCUT2D eigenvalue weighted by molar-refractivity contribution is 7.99. The number of rotatable bonds is 5. The summed E-state index contributed by atoms with van der Waals surface area (Å²) in [4.78, 5) is 21.8. The second-order valence-electron chi connectivity index (χ2n) is 11.1. The maximum atomic E-state index is 13.5. The number of amides is 1. The molecular formula is C26H44N2O9S. The maximum absolute atomic E-state index is 13.5. The molecular weight excluding hydrogens is 516 g/mol. The number of ether oxygens (including phenoxy) is 2. The first-order chi connectivity index (χ1) is 18.2.